The lowest BCUT2D eigenvalue weighted by Gasteiger charge is -2.21. The highest BCUT2D eigenvalue weighted by Crippen LogP contribution is 2.11. The number of amides is 3. The molecule has 14 heteroatoms. The number of carboxylic acid groups (broad SMARTS) is 3. The Morgan fingerprint density at radius 1 is 0.853 bits per heavy atom. The quantitative estimate of drug-likeness (QED) is 0.141. The van der Waals surface area contributed by atoms with Crippen LogP contribution in [0.1, 0.15) is 24.8 Å². The zero-order valence-electron chi connectivity index (χ0n) is 17.9. The van der Waals surface area contributed by atoms with Gasteiger partial charge in [0.15, 0.2) is 0 Å². The maximum atomic E-state index is 12.5. The lowest BCUT2D eigenvalue weighted by atomic mass is 10.0. The van der Waals surface area contributed by atoms with E-state index in [1.54, 1.807) is 0 Å². The number of phenols is 1. The molecule has 0 heterocycles. The Balaban J connectivity index is 2.73. The van der Waals surface area contributed by atoms with Gasteiger partial charge in [-0.3, -0.25) is 24.0 Å². The molecule has 9 N–H and O–H groups in total. The number of aromatic hydroxyl groups is 1. The molecule has 0 aliphatic rings. The molecule has 186 valence electrons. The Bertz CT molecular complexity index is 918. The van der Waals surface area contributed by atoms with E-state index in [1.165, 1.54) is 24.3 Å². The summed E-state index contributed by atoms with van der Waals surface area (Å²) < 4.78 is 0. The number of hydrogen-bond acceptors (Lipinski definition) is 8. The number of carboxylic acids is 3. The van der Waals surface area contributed by atoms with Crippen LogP contribution in [-0.2, 0) is 35.2 Å². The van der Waals surface area contributed by atoms with Gasteiger partial charge in [0.25, 0.3) is 0 Å². The first-order valence-electron chi connectivity index (χ1n) is 9.96. The summed E-state index contributed by atoms with van der Waals surface area (Å²) in [5.74, 6) is -6.92. The van der Waals surface area contributed by atoms with Gasteiger partial charge in [0.05, 0.1) is 19.0 Å². The minimum absolute atomic E-state index is 0.0428. The third-order valence-corrected chi connectivity index (χ3v) is 4.45. The van der Waals surface area contributed by atoms with Crippen LogP contribution in [0.15, 0.2) is 24.3 Å². The molecule has 0 aliphatic carbocycles. The van der Waals surface area contributed by atoms with Crippen LogP contribution in [0.3, 0.4) is 0 Å². The Hall–Kier alpha value is -4.20. The second kappa shape index (κ2) is 13.4. The van der Waals surface area contributed by atoms with Crippen molar-refractivity contribution in [2.75, 3.05) is 6.54 Å². The van der Waals surface area contributed by atoms with Crippen molar-refractivity contribution in [3.8, 4) is 5.75 Å². The number of nitrogens with two attached hydrogens (primary N) is 1. The molecule has 0 saturated heterocycles. The van der Waals surface area contributed by atoms with E-state index in [9.17, 15) is 39.0 Å². The van der Waals surface area contributed by atoms with Crippen molar-refractivity contribution in [1.29, 1.82) is 0 Å². The van der Waals surface area contributed by atoms with Crippen LogP contribution < -0.4 is 21.7 Å². The second-order valence-electron chi connectivity index (χ2n) is 7.24. The van der Waals surface area contributed by atoms with E-state index >= 15 is 0 Å². The summed E-state index contributed by atoms with van der Waals surface area (Å²) >= 11 is 0. The molecule has 0 aliphatic heterocycles. The predicted molar refractivity (Wildman–Crippen MR) is 113 cm³/mol. The van der Waals surface area contributed by atoms with Gasteiger partial charge >= 0.3 is 17.9 Å². The highest BCUT2D eigenvalue weighted by Gasteiger charge is 2.28. The normalized spacial score (nSPS) is 13.1. The van der Waals surface area contributed by atoms with Gasteiger partial charge in [-0.25, -0.2) is 4.79 Å². The summed E-state index contributed by atoms with van der Waals surface area (Å²) in [6.07, 6.45) is -1.59. The summed E-state index contributed by atoms with van der Waals surface area (Å²) in [6, 6.07) is 1.23. The molecule has 0 aromatic heterocycles. The van der Waals surface area contributed by atoms with Crippen molar-refractivity contribution in [1.82, 2.24) is 16.0 Å². The van der Waals surface area contributed by atoms with E-state index in [0.29, 0.717) is 5.56 Å². The fourth-order valence-electron chi connectivity index (χ4n) is 2.68. The van der Waals surface area contributed by atoms with Crippen LogP contribution >= 0.6 is 0 Å². The minimum Gasteiger partial charge on any atom is -0.508 e. The van der Waals surface area contributed by atoms with Crippen LogP contribution in [0.4, 0.5) is 0 Å². The summed E-state index contributed by atoms with van der Waals surface area (Å²) in [6.45, 7) is -0.682. The number of carbonyl (C=O) groups is 6. The molecule has 1 rings (SSSR count). The topological polar surface area (TPSA) is 245 Å². The Morgan fingerprint density at radius 3 is 2.00 bits per heavy atom. The summed E-state index contributed by atoms with van der Waals surface area (Å²) in [7, 11) is 0. The standard InChI is InChI=1S/C20H26N4O10/c21-12(5-6-16(27)28)18(31)22-9-15(26)23-13(8-17(29)30)19(32)24-14(20(33)34)7-10-1-3-11(25)4-2-10/h1-4,12-14,25H,5-9,21H2,(H,22,31)(H,23,26)(H,24,32)(H,27,28)(H,29,30)(H,33,34). The SMILES string of the molecule is NC(CCC(=O)O)C(=O)NCC(=O)NC(CC(=O)O)C(=O)NC(Cc1ccc(O)cc1)C(=O)O. The van der Waals surface area contributed by atoms with Crippen LogP contribution in [0.5, 0.6) is 5.75 Å². The number of phenolic OH excluding ortho intramolecular Hbond substituents is 1. The van der Waals surface area contributed by atoms with Gasteiger partial charge < -0.3 is 42.1 Å². The average molecular weight is 482 g/mol. The van der Waals surface area contributed by atoms with Crippen LogP contribution in [-0.4, -0.2) is 80.7 Å². The zero-order valence-corrected chi connectivity index (χ0v) is 17.9. The van der Waals surface area contributed by atoms with E-state index in [2.05, 4.69) is 16.0 Å². The van der Waals surface area contributed by atoms with E-state index in [1.807, 2.05) is 0 Å². The number of hydrogen-bond donors (Lipinski definition) is 8. The van der Waals surface area contributed by atoms with Crippen molar-refractivity contribution >= 4 is 35.6 Å². The number of benzene rings is 1. The van der Waals surface area contributed by atoms with E-state index in [4.69, 9.17) is 15.9 Å². The number of carbonyl (C=O) groups excluding carboxylic acids is 3. The molecule has 0 fully saturated rings. The third-order valence-electron chi connectivity index (χ3n) is 4.45. The highest BCUT2D eigenvalue weighted by molar-refractivity contribution is 5.94. The van der Waals surface area contributed by atoms with Crippen LogP contribution in [0.25, 0.3) is 0 Å². The van der Waals surface area contributed by atoms with E-state index < -0.39 is 66.7 Å². The van der Waals surface area contributed by atoms with Crippen molar-refractivity contribution in [3.63, 3.8) is 0 Å². The Labute approximate surface area is 193 Å². The number of rotatable bonds is 14. The Kier molecular flexibility index (Phi) is 10.9. The number of aliphatic carboxylic acids is 3. The molecular formula is C20H26N4O10. The first kappa shape index (κ1) is 27.8. The first-order chi connectivity index (χ1) is 15.9. The van der Waals surface area contributed by atoms with Gasteiger partial charge in [0, 0.05) is 12.8 Å². The Morgan fingerprint density at radius 2 is 1.47 bits per heavy atom. The molecule has 3 amide bonds. The van der Waals surface area contributed by atoms with Gasteiger partial charge in [-0.05, 0) is 24.1 Å². The van der Waals surface area contributed by atoms with Gasteiger partial charge in [-0.15, -0.1) is 0 Å². The summed E-state index contributed by atoms with van der Waals surface area (Å²) in [5.41, 5.74) is 5.97. The molecule has 34 heavy (non-hydrogen) atoms. The van der Waals surface area contributed by atoms with Gasteiger partial charge in [0.1, 0.15) is 17.8 Å². The van der Waals surface area contributed by atoms with Crippen molar-refractivity contribution < 1.29 is 49.2 Å². The highest BCUT2D eigenvalue weighted by atomic mass is 16.4. The average Bonchev–Trinajstić information content (AvgIpc) is 2.75. The van der Waals surface area contributed by atoms with Crippen molar-refractivity contribution in [3.05, 3.63) is 29.8 Å². The fraction of sp³-hybridized carbons (Fsp3) is 0.400. The van der Waals surface area contributed by atoms with E-state index in [0.717, 1.165) is 0 Å². The largest absolute Gasteiger partial charge is 0.508 e. The molecule has 0 radical (unpaired) electrons. The van der Waals surface area contributed by atoms with Gasteiger partial charge in [-0.2, -0.15) is 0 Å². The van der Waals surface area contributed by atoms with E-state index in [-0.39, 0.29) is 25.0 Å². The predicted octanol–water partition coefficient (Wildman–Crippen LogP) is -2.23. The third kappa shape index (κ3) is 10.4. The molecular weight excluding hydrogens is 456 g/mol. The molecule has 0 bridgehead atoms. The molecule has 0 saturated carbocycles. The molecule has 1 aromatic rings. The van der Waals surface area contributed by atoms with Crippen LogP contribution in [0, 0.1) is 0 Å². The maximum absolute atomic E-state index is 12.5. The second-order valence-corrected chi connectivity index (χ2v) is 7.24. The lowest BCUT2D eigenvalue weighted by molar-refractivity contribution is -0.143. The molecule has 0 spiro atoms. The van der Waals surface area contributed by atoms with Gasteiger partial charge in [0.2, 0.25) is 17.7 Å². The van der Waals surface area contributed by atoms with Crippen LogP contribution in [0.2, 0.25) is 0 Å². The zero-order chi connectivity index (χ0) is 25.8. The lowest BCUT2D eigenvalue weighted by Crippen LogP contribution is -2.54. The summed E-state index contributed by atoms with van der Waals surface area (Å²) in [4.78, 5) is 69.6. The van der Waals surface area contributed by atoms with Crippen molar-refractivity contribution in [2.24, 2.45) is 5.73 Å². The minimum atomic E-state index is -1.65. The molecule has 1 aromatic carbocycles. The smallest absolute Gasteiger partial charge is 0.326 e. The maximum Gasteiger partial charge on any atom is 0.326 e. The monoisotopic (exact) mass is 482 g/mol. The molecule has 3 unspecified atom stereocenters. The first-order valence-corrected chi connectivity index (χ1v) is 9.96. The molecule has 14 nitrogen and oxygen atoms in total. The number of nitrogens with one attached hydrogen (secondary N) is 3. The van der Waals surface area contributed by atoms with Crippen molar-refractivity contribution in [2.45, 2.75) is 43.8 Å². The fourth-order valence-corrected chi connectivity index (χ4v) is 2.68. The summed E-state index contributed by atoms with van der Waals surface area (Å²) in [5, 5.41) is 42.7. The van der Waals surface area contributed by atoms with Gasteiger partial charge in [-0.1, -0.05) is 12.1 Å². The molecule has 3 atom stereocenters.